The molecular formula is C7H13N. The van der Waals surface area contributed by atoms with Crippen molar-refractivity contribution < 1.29 is 0 Å². The van der Waals surface area contributed by atoms with Gasteiger partial charge in [-0.05, 0) is 38.1 Å². The predicted octanol–water partition coefficient (Wildman–Crippen LogP) is 1.15. The van der Waals surface area contributed by atoms with Crippen molar-refractivity contribution in [1.29, 1.82) is 0 Å². The van der Waals surface area contributed by atoms with Gasteiger partial charge in [0.05, 0.1) is 0 Å². The normalized spacial score (nSPS) is 38.2. The van der Waals surface area contributed by atoms with E-state index in [1.54, 1.807) is 0 Å². The second-order valence-corrected chi connectivity index (χ2v) is 3.04. The summed E-state index contributed by atoms with van der Waals surface area (Å²) in [6, 6.07) is 0.926. The van der Waals surface area contributed by atoms with Crippen LogP contribution in [0.2, 0.25) is 0 Å². The highest BCUT2D eigenvalue weighted by Crippen LogP contribution is 2.35. The van der Waals surface area contributed by atoms with Gasteiger partial charge in [-0.2, -0.15) is 0 Å². The maximum atomic E-state index is 3.52. The summed E-state index contributed by atoms with van der Waals surface area (Å²) in [5, 5.41) is 3.52. The van der Waals surface area contributed by atoms with E-state index in [1.165, 1.54) is 32.2 Å². The zero-order valence-electron chi connectivity index (χ0n) is 5.19. The third-order valence-corrected chi connectivity index (χ3v) is 2.29. The second kappa shape index (κ2) is 1.73. The van der Waals surface area contributed by atoms with E-state index in [4.69, 9.17) is 0 Å². The van der Waals surface area contributed by atoms with E-state index in [0.717, 1.165) is 12.0 Å². The van der Waals surface area contributed by atoms with Crippen molar-refractivity contribution in [2.24, 2.45) is 5.92 Å². The Morgan fingerprint density at radius 2 is 2.00 bits per heavy atom. The molecule has 1 aliphatic carbocycles. The highest BCUT2D eigenvalue weighted by Gasteiger charge is 2.32. The average Bonchev–Trinajstić information content (AvgIpc) is 2.49. The quantitative estimate of drug-likeness (QED) is 0.535. The van der Waals surface area contributed by atoms with Gasteiger partial charge < -0.3 is 5.32 Å². The molecule has 1 unspecified atom stereocenters. The lowest BCUT2D eigenvalue weighted by molar-refractivity contribution is 0.539. The van der Waals surface area contributed by atoms with E-state index >= 15 is 0 Å². The molecular weight excluding hydrogens is 98.1 g/mol. The van der Waals surface area contributed by atoms with E-state index in [0.29, 0.717) is 0 Å². The Morgan fingerprint density at radius 3 is 2.50 bits per heavy atom. The van der Waals surface area contributed by atoms with Crippen LogP contribution in [-0.2, 0) is 0 Å². The van der Waals surface area contributed by atoms with Gasteiger partial charge in [0.25, 0.3) is 0 Å². The SMILES string of the molecule is C1CNC(C2CC2)C1. The molecule has 1 saturated heterocycles. The van der Waals surface area contributed by atoms with Gasteiger partial charge in [0.2, 0.25) is 0 Å². The second-order valence-electron chi connectivity index (χ2n) is 3.04. The summed E-state index contributed by atoms with van der Waals surface area (Å²) < 4.78 is 0. The van der Waals surface area contributed by atoms with E-state index in [2.05, 4.69) is 5.32 Å². The average molecular weight is 111 g/mol. The number of hydrogen-bond donors (Lipinski definition) is 1. The smallest absolute Gasteiger partial charge is 0.00958 e. The minimum Gasteiger partial charge on any atom is -0.314 e. The molecule has 1 heteroatoms. The molecule has 1 saturated carbocycles. The van der Waals surface area contributed by atoms with Crippen LogP contribution in [0.1, 0.15) is 25.7 Å². The van der Waals surface area contributed by atoms with Crippen LogP contribution in [0.5, 0.6) is 0 Å². The maximum absolute atomic E-state index is 3.52. The Morgan fingerprint density at radius 1 is 1.12 bits per heavy atom. The third-order valence-electron chi connectivity index (χ3n) is 2.29. The molecule has 1 heterocycles. The van der Waals surface area contributed by atoms with Crippen LogP contribution in [0, 0.1) is 5.92 Å². The molecule has 1 nitrogen and oxygen atoms in total. The van der Waals surface area contributed by atoms with Crippen molar-refractivity contribution in [2.75, 3.05) is 6.54 Å². The molecule has 0 aromatic rings. The van der Waals surface area contributed by atoms with Gasteiger partial charge in [-0.1, -0.05) is 0 Å². The van der Waals surface area contributed by atoms with Crippen LogP contribution in [0.4, 0.5) is 0 Å². The van der Waals surface area contributed by atoms with Crippen molar-refractivity contribution in [3.05, 3.63) is 0 Å². The van der Waals surface area contributed by atoms with Crippen LogP contribution in [-0.4, -0.2) is 12.6 Å². The minimum absolute atomic E-state index is 0.926. The van der Waals surface area contributed by atoms with Crippen molar-refractivity contribution in [2.45, 2.75) is 31.7 Å². The van der Waals surface area contributed by atoms with Gasteiger partial charge in [0, 0.05) is 6.04 Å². The Labute approximate surface area is 50.5 Å². The maximum Gasteiger partial charge on any atom is 0.00958 e. The molecule has 0 amide bonds. The van der Waals surface area contributed by atoms with Crippen molar-refractivity contribution in [1.82, 2.24) is 5.32 Å². The Bertz CT molecular complexity index is 80.4. The summed E-state index contributed by atoms with van der Waals surface area (Å²) in [7, 11) is 0. The zero-order valence-corrected chi connectivity index (χ0v) is 5.19. The largest absolute Gasteiger partial charge is 0.314 e. The fourth-order valence-corrected chi connectivity index (χ4v) is 1.61. The van der Waals surface area contributed by atoms with Crippen molar-refractivity contribution >= 4 is 0 Å². The van der Waals surface area contributed by atoms with Gasteiger partial charge in [-0.3, -0.25) is 0 Å². The van der Waals surface area contributed by atoms with Gasteiger partial charge in [-0.15, -0.1) is 0 Å². The van der Waals surface area contributed by atoms with Crippen molar-refractivity contribution in [3.8, 4) is 0 Å². The molecule has 8 heavy (non-hydrogen) atoms. The molecule has 1 aliphatic heterocycles. The lowest BCUT2D eigenvalue weighted by Crippen LogP contribution is -2.22. The molecule has 2 fully saturated rings. The van der Waals surface area contributed by atoms with Gasteiger partial charge >= 0.3 is 0 Å². The highest BCUT2D eigenvalue weighted by molar-refractivity contribution is 4.89. The Hall–Kier alpha value is -0.0400. The van der Waals surface area contributed by atoms with E-state index in [9.17, 15) is 0 Å². The Balaban J connectivity index is 1.86. The molecule has 0 bridgehead atoms. The predicted molar refractivity (Wildman–Crippen MR) is 33.7 cm³/mol. The molecule has 0 spiro atoms. The van der Waals surface area contributed by atoms with E-state index in [1.807, 2.05) is 0 Å². The zero-order chi connectivity index (χ0) is 5.40. The molecule has 1 N–H and O–H groups in total. The summed E-state index contributed by atoms with van der Waals surface area (Å²) in [6.07, 6.45) is 5.86. The molecule has 0 aromatic heterocycles. The standard InChI is InChI=1S/C7H13N/c1-2-7(8-5-1)6-3-4-6/h6-8H,1-5H2. The fraction of sp³-hybridized carbons (Fsp3) is 1.00. The summed E-state index contributed by atoms with van der Waals surface area (Å²) in [4.78, 5) is 0. The summed E-state index contributed by atoms with van der Waals surface area (Å²) in [5.74, 6) is 1.08. The first-order valence-corrected chi connectivity index (χ1v) is 3.70. The fourth-order valence-electron chi connectivity index (χ4n) is 1.61. The van der Waals surface area contributed by atoms with Gasteiger partial charge in [0.15, 0.2) is 0 Å². The Kier molecular flexibility index (Phi) is 1.04. The third kappa shape index (κ3) is 0.752. The molecule has 2 aliphatic rings. The number of rotatable bonds is 1. The highest BCUT2D eigenvalue weighted by atomic mass is 14.9. The van der Waals surface area contributed by atoms with Gasteiger partial charge in [0.1, 0.15) is 0 Å². The monoisotopic (exact) mass is 111 g/mol. The first-order chi connectivity index (χ1) is 3.97. The lowest BCUT2D eigenvalue weighted by Gasteiger charge is -2.04. The first kappa shape index (κ1) is 4.80. The van der Waals surface area contributed by atoms with Crippen molar-refractivity contribution in [3.63, 3.8) is 0 Å². The lowest BCUT2D eigenvalue weighted by atomic mass is 10.1. The molecule has 0 aromatic carbocycles. The molecule has 46 valence electrons. The first-order valence-electron chi connectivity index (χ1n) is 3.70. The van der Waals surface area contributed by atoms with Crippen LogP contribution in [0.25, 0.3) is 0 Å². The van der Waals surface area contributed by atoms with Crippen LogP contribution < -0.4 is 5.32 Å². The van der Waals surface area contributed by atoms with Crippen LogP contribution in [0.15, 0.2) is 0 Å². The van der Waals surface area contributed by atoms with Gasteiger partial charge in [-0.25, -0.2) is 0 Å². The number of nitrogens with one attached hydrogen (secondary N) is 1. The summed E-state index contributed by atoms with van der Waals surface area (Å²) in [6.45, 7) is 1.28. The molecule has 0 radical (unpaired) electrons. The topological polar surface area (TPSA) is 12.0 Å². The van der Waals surface area contributed by atoms with Crippen LogP contribution in [0.3, 0.4) is 0 Å². The minimum atomic E-state index is 0.926. The summed E-state index contributed by atoms with van der Waals surface area (Å²) in [5.41, 5.74) is 0. The van der Waals surface area contributed by atoms with E-state index < -0.39 is 0 Å². The molecule has 1 atom stereocenters. The van der Waals surface area contributed by atoms with Crippen LogP contribution >= 0.6 is 0 Å². The molecule has 2 rings (SSSR count). The van der Waals surface area contributed by atoms with E-state index in [-0.39, 0.29) is 0 Å². The number of hydrogen-bond acceptors (Lipinski definition) is 1. The summed E-state index contributed by atoms with van der Waals surface area (Å²) >= 11 is 0.